The molecular formula is C30H42F2O11S. The molecule has 3 N–H and O–H groups in total. The van der Waals surface area contributed by atoms with Gasteiger partial charge in [0.25, 0.3) is 0 Å². The van der Waals surface area contributed by atoms with E-state index in [9.17, 15) is 41.8 Å². The van der Waals surface area contributed by atoms with Gasteiger partial charge in [0.1, 0.15) is 18.6 Å². The Hall–Kier alpha value is -1.90. The van der Waals surface area contributed by atoms with Crippen LogP contribution >= 0.6 is 0 Å². The summed E-state index contributed by atoms with van der Waals surface area (Å²) in [5.41, 5.74) is -5.80. The van der Waals surface area contributed by atoms with Crippen LogP contribution in [0.4, 0.5) is 8.78 Å². The van der Waals surface area contributed by atoms with E-state index >= 15 is 0 Å². The van der Waals surface area contributed by atoms with E-state index in [4.69, 9.17) is 18.8 Å². The molecule has 248 valence electrons. The van der Waals surface area contributed by atoms with Crippen LogP contribution in [0.3, 0.4) is 0 Å². The first-order chi connectivity index (χ1) is 20.3. The molecule has 44 heavy (non-hydrogen) atoms. The normalized spacial score (nSPS) is 41.7. The molecule has 0 aliphatic heterocycles. The van der Waals surface area contributed by atoms with E-state index in [1.54, 1.807) is 0 Å². The molecule has 0 aromatic rings. The highest BCUT2D eigenvalue weighted by Gasteiger charge is 2.63. The van der Waals surface area contributed by atoms with Crippen LogP contribution in [0.25, 0.3) is 0 Å². The summed E-state index contributed by atoms with van der Waals surface area (Å²) in [6, 6.07) is 0. The maximum absolute atomic E-state index is 14.0. The van der Waals surface area contributed by atoms with Crippen molar-refractivity contribution in [2.24, 2.45) is 39.9 Å². The Morgan fingerprint density at radius 1 is 0.727 bits per heavy atom. The molecular weight excluding hydrogens is 606 g/mol. The monoisotopic (exact) mass is 648 g/mol. The molecule has 0 spiro atoms. The number of alkyl halides is 2. The first-order valence-corrected chi connectivity index (χ1v) is 17.1. The van der Waals surface area contributed by atoms with Crippen LogP contribution in [-0.2, 0) is 38.7 Å². The molecule has 8 fully saturated rings. The van der Waals surface area contributed by atoms with Crippen molar-refractivity contribution in [3.63, 3.8) is 0 Å². The quantitative estimate of drug-likeness (QED) is 0.171. The fourth-order valence-corrected chi connectivity index (χ4v) is 10.7. The molecule has 8 aliphatic rings. The molecule has 8 rings (SSSR count). The highest BCUT2D eigenvalue weighted by Crippen LogP contribution is 2.63. The second-order valence-corrected chi connectivity index (χ2v) is 17.0. The van der Waals surface area contributed by atoms with E-state index in [0.717, 1.165) is 12.8 Å². The third-order valence-corrected chi connectivity index (χ3v) is 12.6. The van der Waals surface area contributed by atoms with Crippen molar-refractivity contribution in [1.82, 2.24) is 0 Å². The Bertz CT molecular complexity index is 1240. The highest BCUT2D eigenvalue weighted by molar-refractivity contribution is 7.86. The lowest BCUT2D eigenvalue weighted by atomic mass is 9.48. The highest BCUT2D eigenvalue weighted by atomic mass is 32.2. The lowest BCUT2D eigenvalue weighted by Gasteiger charge is -2.58. The van der Waals surface area contributed by atoms with Crippen molar-refractivity contribution in [2.75, 3.05) is 19.8 Å². The number of aliphatic hydroxyl groups is 2. The fraction of sp³-hybridized carbons (Fsp3) is 0.900. The molecule has 0 radical (unpaired) electrons. The Balaban J connectivity index is 1.20. The van der Waals surface area contributed by atoms with E-state index in [-0.39, 0.29) is 42.9 Å². The minimum Gasteiger partial charge on any atom is -0.464 e. The van der Waals surface area contributed by atoms with E-state index in [1.807, 2.05) is 0 Å². The smallest absolute Gasteiger partial charge is 0.402 e. The molecule has 8 aliphatic carbocycles. The summed E-state index contributed by atoms with van der Waals surface area (Å²) in [7, 11) is -5.89. The van der Waals surface area contributed by atoms with Crippen molar-refractivity contribution in [1.29, 1.82) is 0 Å². The molecule has 0 aromatic carbocycles. The standard InChI is InChI=1S/C30H42F2O11S/c1-2-25(22(33)43-17-30(31,32)44(38,39)40,15-41-23(34)26-5-18-3-19(6-26)10-28(36,9-18)13-26)16-42-24(35)27-7-20-4-21(8-27)12-29(37,11-20)14-27/h18-21,36-37H,2-17H2,1H3,(H,38,39,40). The summed E-state index contributed by atoms with van der Waals surface area (Å²) in [4.78, 5) is 40.6. The van der Waals surface area contributed by atoms with Crippen molar-refractivity contribution in [2.45, 2.75) is 107 Å². The van der Waals surface area contributed by atoms with Crippen molar-refractivity contribution >= 4 is 28.0 Å². The number of carbonyl (C=O) groups is 3. The van der Waals surface area contributed by atoms with Gasteiger partial charge in [0.2, 0.25) is 0 Å². The SMILES string of the molecule is CCC(COC(=O)C12CC3CC(CC(O)(C3)C1)C2)(COC(=O)C12CC3CC(CC(O)(C3)C1)C2)C(=O)OCC(F)(F)S(=O)(=O)O. The Kier molecular flexibility index (Phi) is 7.50. The zero-order chi connectivity index (χ0) is 32.0. The Morgan fingerprint density at radius 2 is 1.11 bits per heavy atom. The molecule has 0 heterocycles. The van der Waals surface area contributed by atoms with Gasteiger partial charge in [-0.3, -0.25) is 18.9 Å². The largest absolute Gasteiger partial charge is 0.464 e. The first-order valence-electron chi connectivity index (χ1n) is 15.6. The number of hydrogen-bond donors (Lipinski definition) is 3. The number of rotatable bonds is 11. The lowest BCUT2D eigenvalue weighted by molar-refractivity contribution is -0.207. The second-order valence-electron chi connectivity index (χ2n) is 15.4. The average molecular weight is 649 g/mol. The molecule has 11 nitrogen and oxygen atoms in total. The Morgan fingerprint density at radius 3 is 1.43 bits per heavy atom. The number of ether oxygens (including phenoxy) is 3. The molecule has 4 atom stereocenters. The van der Waals surface area contributed by atoms with Crippen LogP contribution < -0.4 is 0 Å². The van der Waals surface area contributed by atoms with Gasteiger partial charge >= 0.3 is 33.3 Å². The molecule has 0 saturated heterocycles. The molecule has 8 bridgehead atoms. The van der Waals surface area contributed by atoms with Gasteiger partial charge in [0, 0.05) is 0 Å². The van der Waals surface area contributed by atoms with Crippen LogP contribution in [-0.4, -0.2) is 77.4 Å². The van der Waals surface area contributed by atoms with E-state index < -0.39 is 80.5 Å². The molecule has 8 saturated carbocycles. The third-order valence-electron chi connectivity index (χ3n) is 11.7. The molecule has 14 heteroatoms. The molecule has 4 unspecified atom stereocenters. The van der Waals surface area contributed by atoms with Crippen molar-refractivity contribution in [3.8, 4) is 0 Å². The van der Waals surface area contributed by atoms with Gasteiger partial charge in [-0.15, -0.1) is 0 Å². The second kappa shape index (κ2) is 10.3. The predicted molar refractivity (Wildman–Crippen MR) is 146 cm³/mol. The molecule has 0 amide bonds. The lowest BCUT2D eigenvalue weighted by Crippen LogP contribution is -2.59. The fourth-order valence-electron chi connectivity index (χ4n) is 10.5. The topological polar surface area (TPSA) is 174 Å². The summed E-state index contributed by atoms with van der Waals surface area (Å²) in [5.74, 6) is -2.00. The van der Waals surface area contributed by atoms with E-state index in [1.165, 1.54) is 6.92 Å². The van der Waals surface area contributed by atoms with E-state index in [2.05, 4.69) is 0 Å². The molecule has 0 aromatic heterocycles. The van der Waals surface area contributed by atoms with Crippen LogP contribution in [0.15, 0.2) is 0 Å². The summed E-state index contributed by atoms with van der Waals surface area (Å²) < 4.78 is 75.2. The van der Waals surface area contributed by atoms with Crippen LogP contribution in [0, 0.1) is 39.9 Å². The van der Waals surface area contributed by atoms with Gasteiger partial charge in [-0.1, -0.05) is 6.92 Å². The van der Waals surface area contributed by atoms with Gasteiger partial charge in [0.05, 0.1) is 22.0 Å². The van der Waals surface area contributed by atoms with Gasteiger partial charge in [-0.05, 0) is 107 Å². The summed E-state index contributed by atoms with van der Waals surface area (Å²) in [6.07, 6.45) is 6.63. The van der Waals surface area contributed by atoms with E-state index in [0.29, 0.717) is 51.4 Å². The van der Waals surface area contributed by atoms with Gasteiger partial charge in [-0.2, -0.15) is 17.2 Å². The van der Waals surface area contributed by atoms with Gasteiger partial charge in [0.15, 0.2) is 6.61 Å². The number of carbonyl (C=O) groups excluding carboxylic acids is 3. The predicted octanol–water partition coefficient (Wildman–Crippen LogP) is 3.16. The van der Waals surface area contributed by atoms with Gasteiger partial charge in [-0.25, -0.2) is 0 Å². The summed E-state index contributed by atoms with van der Waals surface area (Å²) >= 11 is 0. The van der Waals surface area contributed by atoms with Crippen molar-refractivity contribution in [3.05, 3.63) is 0 Å². The van der Waals surface area contributed by atoms with Crippen LogP contribution in [0.1, 0.15) is 90.4 Å². The van der Waals surface area contributed by atoms with Crippen LogP contribution in [0.2, 0.25) is 0 Å². The maximum atomic E-state index is 14.0. The number of esters is 3. The van der Waals surface area contributed by atoms with Gasteiger partial charge < -0.3 is 24.4 Å². The zero-order valence-electron chi connectivity index (χ0n) is 24.9. The average Bonchev–Trinajstić information content (AvgIpc) is 2.88. The minimum atomic E-state index is -5.89. The van der Waals surface area contributed by atoms with Crippen LogP contribution in [0.5, 0.6) is 0 Å². The van der Waals surface area contributed by atoms with Crippen molar-refractivity contribution < 1.29 is 60.6 Å². The number of hydrogen-bond acceptors (Lipinski definition) is 10. The Labute approximate surface area is 255 Å². The maximum Gasteiger partial charge on any atom is 0.402 e. The summed E-state index contributed by atoms with van der Waals surface area (Å²) in [5, 5.41) is 17.4. The third kappa shape index (κ3) is 5.45. The first kappa shape index (κ1) is 32.1. The number of halogens is 2. The summed E-state index contributed by atoms with van der Waals surface area (Å²) in [6.45, 7) is -1.88. The zero-order valence-corrected chi connectivity index (χ0v) is 25.7. The minimum absolute atomic E-state index is 0.161.